The molecule has 2 rings (SSSR count). The van der Waals surface area contributed by atoms with Crippen LogP contribution in [0.15, 0.2) is 35.3 Å². The van der Waals surface area contributed by atoms with Crippen LogP contribution in [0.3, 0.4) is 0 Å². The SMILES string of the molecule is CN1CCCN=C1/C=C/c1cccc(O)c1.O=C(O)CC(O)C(=O)O. The molecular formula is C17H22N2O6. The van der Waals surface area contributed by atoms with Crippen molar-refractivity contribution < 1.29 is 30.0 Å². The molecule has 0 saturated heterocycles. The van der Waals surface area contributed by atoms with Gasteiger partial charge in [0.2, 0.25) is 0 Å². The van der Waals surface area contributed by atoms with Crippen LogP contribution in [-0.2, 0) is 9.59 Å². The molecule has 25 heavy (non-hydrogen) atoms. The molecule has 0 bridgehead atoms. The van der Waals surface area contributed by atoms with Crippen LogP contribution in [0.1, 0.15) is 18.4 Å². The van der Waals surface area contributed by atoms with Gasteiger partial charge < -0.3 is 25.3 Å². The van der Waals surface area contributed by atoms with Crippen LogP contribution >= 0.6 is 0 Å². The number of aliphatic hydroxyl groups excluding tert-OH is 1. The number of nitrogens with zero attached hydrogens (tertiary/aromatic N) is 2. The second-order valence-corrected chi connectivity index (χ2v) is 5.40. The van der Waals surface area contributed by atoms with Gasteiger partial charge in [0.25, 0.3) is 0 Å². The highest BCUT2D eigenvalue weighted by atomic mass is 16.4. The maximum Gasteiger partial charge on any atom is 0.333 e. The number of carboxylic acids is 2. The highest BCUT2D eigenvalue weighted by molar-refractivity contribution is 5.96. The molecule has 1 heterocycles. The molecule has 1 unspecified atom stereocenters. The summed E-state index contributed by atoms with van der Waals surface area (Å²) in [6, 6.07) is 7.20. The lowest BCUT2D eigenvalue weighted by atomic mass is 10.2. The lowest BCUT2D eigenvalue weighted by molar-refractivity contribution is -0.152. The molecule has 8 nitrogen and oxygen atoms in total. The number of amidine groups is 1. The minimum Gasteiger partial charge on any atom is -0.508 e. The van der Waals surface area contributed by atoms with Crippen LogP contribution < -0.4 is 0 Å². The second kappa shape index (κ2) is 10.1. The number of likely N-dealkylation sites (N-methyl/N-ethyl adjacent to an activating group) is 1. The first kappa shape index (κ1) is 20.2. The Balaban J connectivity index is 0.000000299. The van der Waals surface area contributed by atoms with E-state index in [1.54, 1.807) is 12.1 Å². The number of carboxylic acid groups (broad SMARTS) is 2. The van der Waals surface area contributed by atoms with Gasteiger partial charge in [-0.15, -0.1) is 0 Å². The zero-order valence-corrected chi connectivity index (χ0v) is 13.9. The number of aliphatic hydroxyl groups is 1. The Morgan fingerprint density at radius 1 is 1.32 bits per heavy atom. The van der Waals surface area contributed by atoms with Gasteiger partial charge in [-0.2, -0.15) is 0 Å². The van der Waals surface area contributed by atoms with Crippen molar-refractivity contribution in [3.63, 3.8) is 0 Å². The van der Waals surface area contributed by atoms with Crippen LogP contribution in [0.25, 0.3) is 6.08 Å². The van der Waals surface area contributed by atoms with Gasteiger partial charge in [0.15, 0.2) is 6.10 Å². The van der Waals surface area contributed by atoms with Crippen molar-refractivity contribution in [1.29, 1.82) is 0 Å². The van der Waals surface area contributed by atoms with E-state index in [9.17, 15) is 14.7 Å². The number of hydrogen-bond donors (Lipinski definition) is 4. The average Bonchev–Trinajstić information content (AvgIpc) is 2.54. The third-order valence-electron chi connectivity index (χ3n) is 3.26. The van der Waals surface area contributed by atoms with Crippen molar-refractivity contribution in [2.75, 3.05) is 20.1 Å². The largest absolute Gasteiger partial charge is 0.508 e. The molecular weight excluding hydrogens is 328 g/mol. The summed E-state index contributed by atoms with van der Waals surface area (Å²) in [5, 5.41) is 33.5. The Labute approximate surface area is 145 Å². The van der Waals surface area contributed by atoms with E-state index in [4.69, 9.17) is 15.3 Å². The first-order valence-electron chi connectivity index (χ1n) is 7.65. The number of aliphatic imine (C=N–C) groups is 1. The number of carbonyl (C=O) groups is 2. The molecule has 1 aromatic rings. The number of rotatable bonds is 5. The quantitative estimate of drug-likeness (QED) is 0.624. The Morgan fingerprint density at radius 2 is 2.04 bits per heavy atom. The van der Waals surface area contributed by atoms with Gasteiger partial charge in [-0.3, -0.25) is 9.79 Å². The van der Waals surface area contributed by atoms with Crippen molar-refractivity contribution in [3.8, 4) is 5.75 Å². The molecule has 0 saturated carbocycles. The van der Waals surface area contributed by atoms with E-state index in [0.29, 0.717) is 5.75 Å². The third-order valence-corrected chi connectivity index (χ3v) is 3.26. The molecule has 1 aromatic carbocycles. The van der Waals surface area contributed by atoms with E-state index in [0.717, 1.165) is 30.9 Å². The Bertz CT molecular complexity index is 656. The zero-order valence-electron chi connectivity index (χ0n) is 13.9. The van der Waals surface area contributed by atoms with Gasteiger partial charge in [0.05, 0.1) is 6.42 Å². The number of phenols is 1. The monoisotopic (exact) mass is 350 g/mol. The lowest BCUT2D eigenvalue weighted by Gasteiger charge is -2.22. The zero-order chi connectivity index (χ0) is 18.8. The van der Waals surface area contributed by atoms with Gasteiger partial charge in [-0.1, -0.05) is 18.2 Å². The molecule has 0 aliphatic carbocycles. The normalized spacial score (nSPS) is 15.1. The molecule has 0 radical (unpaired) electrons. The Hall–Kier alpha value is -2.87. The van der Waals surface area contributed by atoms with E-state index in [2.05, 4.69) is 9.89 Å². The smallest absolute Gasteiger partial charge is 0.333 e. The van der Waals surface area contributed by atoms with Gasteiger partial charge in [-0.25, -0.2) is 4.79 Å². The molecule has 8 heteroatoms. The van der Waals surface area contributed by atoms with Crippen molar-refractivity contribution in [3.05, 3.63) is 35.9 Å². The number of aromatic hydroxyl groups is 1. The van der Waals surface area contributed by atoms with Gasteiger partial charge >= 0.3 is 11.9 Å². The summed E-state index contributed by atoms with van der Waals surface area (Å²) in [4.78, 5) is 26.0. The maximum absolute atomic E-state index is 9.72. The fourth-order valence-electron chi connectivity index (χ4n) is 1.97. The van der Waals surface area contributed by atoms with Crippen molar-refractivity contribution >= 4 is 23.9 Å². The van der Waals surface area contributed by atoms with E-state index in [1.807, 2.05) is 31.3 Å². The van der Waals surface area contributed by atoms with E-state index < -0.39 is 24.5 Å². The summed E-state index contributed by atoms with van der Waals surface area (Å²) in [7, 11) is 2.05. The predicted molar refractivity (Wildman–Crippen MR) is 92.6 cm³/mol. The first-order valence-corrected chi connectivity index (χ1v) is 7.65. The van der Waals surface area contributed by atoms with E-state index in [-0.39, 0.29) is 0 Å². The molecule has 0 aromatic heterocycles. The summed E-state index contributed by atoms with van der Waals surface area (Å²) in [6.45, 7) is 1.97. The average molecular weight is 350 g/mol. The van der Waals surface area contributed by atoms with Crippen molar-refractivity contribution in [2.24, 2.45) is 4.99 Å². The number of phenolic OH excluding ortho intramolecular Hbond substituents is 1. The standard InChI is InChI=1S/C13H16N2O.C4H6O5/c1-15-9-3-8-14-13(15)7-6-11-4-2-5-12(16)10-11;5-2(4(8)9)1-3(6)7/h2,4-7,10,16H,3,8-9H2,1H3;2,5H,1H2,(H,6,7)(H,8,9)/b7-6+;. The minimum atomic E-state index is -1.79. The molecule has 0 amide bonds. The van der Waals surface area contributed by atoms with Crippen LogP contribution in [0.4, 0.5) is 0 Å². The van der Waals surface area contributed by atoms with Crippen LogP contribution in [0.5, 0.6) is 5.75 Å². The lowest BCUT2D eigenvalue weighted by Crippen LogP contribution is -2.30. The molecule has 4 N–H and O–H groups in total. The Morgan fingerprint density at radius 3 is 2.56 bits per heavy atom. The van der Waals surface area contributed by atoms with Crippen molar-refractivity contribution in [2.45, 2.75) is 18.9 Å². The molecule has 0 fully saturated rings. The number of benzene rings is 1. The summed E-state index contributed by atoms with van der Waals surface area (Å²) < 4.78 is 0. The molecule has 1 aliphatic rings. The number of hydrogen-bond acceptors (Lipinski definition) is 6. The summed E-state index contributed by atoms with van der Waals surface area (Å²) in [5.74, 6) is -1.54. The molecule has 1 aliphatic heterocycles. The van der Waals surface area contributed by atoms with Crippen LogP contribution in [0.2, 0.25) is 0 Å². The van der Waals surface area contributed by atoms with E-state index in [1.165, 1.54) is 0 Å². The van der Waals surface area contributed by atoms with Crippen molar-refractivity contribution in [1.82, 2.24) is 4.90 Å². The van der Waals surface area contributed by atoms with Gasteiger partial charge in [0.1, 0.15) is 11.6 Å². The highest BCUT2D eigenvalue weighted by Gasteiger charge is 2.16. The summed E-state index contributed by atoms with van der Waals surface area (Å²) in [6.07, 6.45) is 2.55. The maximum atomic E-state index is 9.72. The van der Waals surface area contributed by atoms with E-state index >= 15 is 0 Å². The Kier molecular flexibility index (Phi) is 8.14. The minimum absolute atomic E-state index is 0.293. The number of aliphatic carboxylic acids is 2. The topological polar surface area (TPSA) is 131 Å². The van der Waals surface area contributed by atoms with Crippen LogP contribution in [0, 0.1) is 0 Å². The summed E-state index contributed by atoms with van der Waals surface area (Å²) >= 11 is 0. The van der Waals surface area contributed by atoms with Gasteiger partial charge in [-0.05, 0) is 30.2 Å². The molecule has 0 spiro atoms. The highest BCUT2D eigenvalue weighted by Crippen LogP contribution is 2.12. The fourth-order valence-corrected chi connectivity index (χ4v) is 1.97. The van der Waals surface area contributed by atoms with Crippen LogP contribution in [-0.4, -0.2) is 69.3 Å². The second-order valence-electron chi connectivity index (χ2n) is 5.40. The predicted octanol–water partition coefficient (Wildman–Crippen LogP) is 1.05. The fraction of sp³-hybridized carbons (Fsp3) is 0.353. The molecule has 136 valence electrons. The van der Waals surface area contributed by atoms with Gasteiger partial charge in [0, 0.05) is 20.1 Å². The third kappa shape index (κ3) is 7.98. The molecule has 1 atom stereocenters. The first-order chi connectivity index (χ1) is 11.8. The summed E-state index contributed by atoms with van der Waals surface area (Å²) in [5.41, 5.74) is 0.988.